The van der Waals surface area contributed by atoms with E-state index >= 15 is 0 Å². The molecule has 0 heterocycles. The molecule has 82 valence electrons. The van der Waals surface area contributed by atoms with Crippen molar-refractivity contribution >= 4 is 17.5 Å². The molecule has 0 saturated heterocycles. The third kappa shape index (κ3) is 3.49. The SMILES string of the molecule is CC(C)C(=O)NCC1CCCCC1Cl. The van der Waals surface area contributed by atoms with E-state index in [9.17, 15) is 4.79 Å². The van der Waals surface area contributed by atoms with Crippen LogP contribution < -0.4 is 5.32 Å². The van der Waals surface area contributed by atoms with E-state index in [0.717, 1.165) is 19.4 Å². The van der Waals surface area contributed by atoms with Gasteiger partial charge in [0.15, 0.2) is 0 Å². The van der Waals surface area contributed by atoms with Gasteiger partial charge in [-0.3, -0.25) is 4.79 Å². The molecule has 2 nitrogen and oxygen atoms in total. The maximum Gasteiger partial charge on any atom is 0.222 e. The molecule has 1 fully saturated rings. The maximum absolute atomic E-state index is 11.3. The molecule has 0 bridgehead atoms. The molecule has 0 aliphatic heterocycles. The van der Waals surface area contributed by atoms with Crippen LogP contribution in [0, 0.1) is 11.8 Å². The van der Waals surface area contributed by atoms with Gasteiger partial charge in [0.2, 0.25) is 5.91 Å². The van der Waals surface area contributed by atoms with Gasteiger partial charge in [0.25, 0.3) is 0 Å². The van der Waals surface area contributed by atoms with E-state index < -0.39 is 0 Å². The monoisotopic (exact) mass is 217 g/mol. The molecule has 2 unspecified atom stereocenters. The van der Waals surface area contributed by atoms with E-state index in [-0.39, 0.29) is 17.2 Å². The molecule has 2 atom stereocenters. The molecule has 0 spiro atoms. The molecule has 0 aromatic rings. The topological polar surface area (TPSA) is 29.1 Å². The van der Waals surface area contributed by atoms with Crippen LogP contribution in [0.4, 0.5) is 0 Å². The van der Waals surface area contributed by atoms with Crippen molar-refractivity contribution in [3.05, 3.63) is 0 Å². The maximum atomic E-state index is 11.3. The van der Waals surface area contributed by atoms with Gasteiger partial charge in [-0.25, -0.2) is 0 Å². The highest BCUT2D eigenvalue weighted by Gasteiger charge is 2.23. The molecule has 3 heteroatoms. The number of hydrogen-bond acceptors (Lipinski definition) is 1. The van der Waals surface area contributed by atoms with Gasteiger partial charge in [-0.2, -0.15) is 0 Å². The summed E-state index contributed by atoms with van der Waals surface area (Å²) in [6, 6.07) is 0. The Labute approximate surface area is 91.4 Å². The Hall–Kier alpha value is -0.240. The van der Waals surface area contributed by atoms with Gasteiger partial charge in [-0.1, -0.05) is 26.7 Å². The molecule has 1 amide bonds. The summed E-state index contributed by atoms with van der Waals surface area (Å²) in [7, 11) is 0. The number of halogens is 1. The zero-order valence-electron chi connectivity index (χ0n) is 9.05. The predicted octanol–water partition coefficient (Wildman–Crippen LogP) is 2.56. The largest absolute Gasteiger partial charge is 0.356 e. The summed E-state index contributed by atoms with van der Waals surface area (Å²) < 4.78 is 0. The van der Waals surface area contributed by atoms with Crippen molar-refractivity contribution in [3.63, 3.8) is 0 Å². The van der Waals surface area contributed by atoms with E-state index in [1.54, 1.807) is 0 Å². The van der Waals surface area contributed by atoms with E-state index in [1.807, 2.05) is 13.8 Å². The number of amides is 1. The van der Waals surface area contributed by atoms with E-state index in [4.69, 9.17) is 11.6 Å². The second-order valence-corrected chi connectivity index (χ2v) is 5.02. The highest BCUT2D eigenvalue weighted by atomic mass is 35.5. The Morgan fingerprint density at radius 3 is 2.64 bits per heavy atom. The fraction of sp³-hybridized carbons (Fsp3) is 0.909. The number of alkyl halides is 1. The molecule has 0 radical (unpaired) electrons. The van der Waals surface area contributed by atoms with E-state index in [0.29, 0.717) is 5.92 Å². The minimum absolute atomic E-state index is 0.0763. The van der Waals surface area contributed by atoms with Gasteiger partial charge in [-0.15, -0.1) is 11.6 Å². The Morgan fingerprint density at radius 1 is 1.43 bits per heavy atom. The van der Waals surface area contributed by atoms with Crippen LogP contribution in [0.25, 0.3) is 0 Å². The summed E-state index contributed by atoms with van der Waals surface area (Å²) in [6.07, 6.45) is 4.75. The number of rotatable bonds is 3. The highest BCUT2D eigenvalue weighted by molar-refractivity contribution is 6.20. The van der Waals surface area contributed by atoms with E-state index in [2.05, 4.69) is 5.32 Å². The molecule has 1 N–H and O–H groups in total. The fourth-order valence-corrected chi connectivity index (χ4v) is 2.20. The zero-order valence-corrected chi connectivity index (χ0v) is 9.81. The highest BCUT2D eigenvalue weighted by Crippen LogP contribution is 2.27. The molecule has 0 aromatic carbocycles. The summed E-state index contributed by atoms with van der Waals surface area (Å²) in [4.78, 5) is 11.3. The van der Waals surface area contributed by atoms with Gasteiger partial charge < -0.3 is 5.32 Å². The number of hydrogen-bond donors (Lipinski definition) is 1. The third-order valence-electron chi connectivity index (χ3n) is 2.88. The van der Waals surface area contributed by atoms with Crippen LogP contribution >= 0.6 is 11.6 Å². The molecular formula is C11H20ClNO. The summed E-state index contributed by atoms with van der Waals surface area (Å²) in [5.41, 5.74) is 0. The van der Waals surface area contributed by atoms with Crippen molar-refractivity contribution in [2.45, 2.75) is 44.9 Å². The molecule has 1 aliphatic rings. The lowest BCUT2D eigenvalue weighted by atomic mass is 9.88. The van der Waals surface area contributed by atoms with Crippen molar-refractivity contribution in [2.24, 2.45) is 11.8 Å². The first-order valence-electron chi connectivity index (χ1n) is 5.53. The first kappa shape index (κ1) is 11.8. The van der Waals surface area contributed by atoms with Crippen molar-refractivity contribution in [3.8, 4) is 0 Å². The second kappa shape index (κ2) is 5.59. The van der Waals surface area contributed by atoms with Crippen molar-refractivity contribution in [1.29, 1.82) is 0 Å². The average Bonchev–Trinajstić information content (AvgIpc) is 2.16. The van der Waals surface area contributed by atoms with Gasteiger partial charge in [0, 0.05) is 17.8 Å². The molecule has 14 heavy (non-hydrogen) atoms. The smallest absolute Gasteiger partial charge is 0.222 e. The Kier molecular flexibility index (Phi) is 4.73. The second-order valence-electron chi connectivity index (χ2n) is 4.46. The van der Waals surface area contributed by atoms with Crippen LogP contribution in [-0.4, -0.2) is 17.8 Å². The van der Waals surface area contributed by atoms with Crippen LogP contribution in [0.1, 0.15) is 39.5 Å². The van der Waals surface area contributed by atoms with Crippen molar-refractivity contribution in [2.75, 3.05) is 6.54 Å². The fourth-order valence-electron chi connectivity index (χ4n) is 1.83. The molecular weight excluding hydrogens is 198 g/mol. The van der Waals surface area contributed by atoms with Crippen LogP contribution in [0.15, 0.2) is 0 Å². The first-order valence-corrected chi connectivity index (χ1v) is 5.96. The van der Waals surface area contributed by atoms with Crippen molar-refractivity contribution < 1.29 is 4.79 Å². The normalized spacial score (nSPS) is 27.7. The number of carbonyl (C=O) groups excluding carboxylic acids is 1. The standard InChI is InChI=1S/C11H20ClNO/c1-8(2)11(14)13-7-9-5-3-4-6-10(9)12/h8-10H,3-7H2,1-2H3,(H,13,14). The van der Waals surface area contributed by atoms with Gasteiger partial charge >= 0.3 is 0 Å². The summed E-state index contributed by atoms with van der Waals surface area (Å²) in [5, 5.41) is 3.22. The number of carbonyl (C=O) groups is 1. The van der Waals surface area contributed by atoms with Crippen LogP contribution in [0.5, 0.6) is 0 Å². The lowest BCUT2D eigenvalue weighted by molar-refractivity contribution is -0.124. The van der Waals surface area contributed by atoms with Gasteiger partial charge in [-0.05, 0) is 18.8 Å². The van der Waals surface area contributed by atoms with Crippen LogP contribution in [0.3, 0.4) is 0 Å². The van der Waals surface area contributed by atoms with E-state index in [1.165, 1.54) is 12.8 Å². The summed E-state index contributed by atoms with van der Waals surface area (Å²) >= 11 is 6.19. The quantitative estimate of drug-likeness (QED) is 0.724. The molecule has 1 aliphatic carbocycles. The average molecular weight is 218 g/mol. The lowest BCUT2D eigenvalue weighted by Crippen LogP contribution is -2.36. The van der Waals surface area contributed by atoms with Crippen LogP contribution in [0.2, 0.25) is 0 Å². The van der Waals surface area contributed by atoms with Gasteiger partial charge in [0.05, 0.1) is 0 Å². The molecule has 1 rings (SSSR count). The summed E-state index contributed by atoms with van der Waals surface area (Å²) in [5.74, 6) is 0.694. The van der Waals surface area contributed by atoms with Gasteiger partial charge in [0.1, 0.15) is 0 Å². The summed E-state index contributed by atoms with van der Waals surface area (Å²) in [6.45, 7) is 4.58. The predicted molar refractivity (Wildman–Crippen MR) is 59.4 cm³/mol. The van der Waals surface area contributed by atoms with Crippen LogP contribution in [-0.2, 0) is 4.79 Å². The Balaban J connectivity index is 2.26. The Bertz CT molecular complexity index is 194. The minimum atomic E-state index is 0.0763. The Morgan fingerprint density at radius 2 is 2.07 bits per heavy atom. The molecule has 1 saturated carbocycles. The minimum Gasteiger partial charge on any atom is -0.356 e. The van der Waals surface area contributed by atoms with Crippen molar-refractivity contribution in [1.82, 2.24) is 5.32 Å². The number of nitrogens with one attached hydrogen (secondary N) is 1. The third-order valence-corrected chi connectivity index (χ3v) is 3.45. The zero-order chi connectivity index (χ0) is 10.6. The molecule has 0 aromatic heterocycles. The lowest BCUT2D eigenvalue weighted by Gasteiger charge is -2.27. The first-order chi connectivity index (χ1) is 6.61.